The van der Waals surface area contributed by atoms with Crippen LogP contribution in [0, 0.1) is 23.7 Å². The van der Waals surface area contributed by atoms with E-state index in [9.17, 15) is 38.0 Å². The molecule has 0 bridgehead atoms. The molecular formula is C58H106FN5O11. The van der Waals surface area contributed by atoms with Gasteiger partial charge in [-0.15, -0.1) is 0 Å². The molecule has 1 aromatic carbocycles. The van der Waals surface area contributed by atoms with E-state index in [1.54, 1.807) is 49.9 Å². The van der Waals surface area contributed by atoms with E-state index in [1.807, 2.05) is 58.0 Å². The number of allylic oxidation sites excluding steroid dienone is 1. The standard InChI is InChI=1S/C22H42FNO3.C19H32N2O4.C10H11NO2.C3H8.C2H6.CH3NO.CH4O/c1-8-10-11-18(16(5)9-2)20(26-6)13-21(25)24-14-17(23)12-19(24)22(27-7)15(3)4;1-15(2)17(14-16(3)23)21(5)19(25)10-7-6-8-12-20(4)18(24)11-9-13-22;12-7-10(11-8-13)6-9-4-2-1-3-5-9;1-3-2;1-2;2-1-3;1-2/h15-20,22H,8-14H2,1-7H3;9,11,13,15,17H,6-8,10,12,14H2,1-5H3;1-5,7-8,10H,6H2,(H,11,13);3H2,1-2H3;1-2H3;1H,(H2,2,3);2H,1H3/b;11-9-;;;;;. The fraction of sp³-hybridized carbons (Fsp3) is 0.724. The number of likely N-dealkylation sites (N-methyl/N-ethyl adjacent to an activating group) is 1. The average molecular weight is 1070 g/mol. The van der Waals surface area contributed by atoms with Crippen LogP contribution in [0.3, 0.4) is 0 Å². The molecule has 0 aromatic heterocycles. The number of alkyl halides is 1. The Morgan fingerprint density at radius 2 is 1.45 bits per heavy atom. The van der Waals surface area contributed by atoms with Gasteiger partial charge in [0.1, 0.15) is 24.5 Å². The van der Waals surface area contributed by atoms with E-state index in [4.69, 9.17) is 19.4 Å². The van der Waals surface area contributed by atoms with E-state index < -0.39 is 12.2 Å². The molecule has 1 fully saturated rings. The molecule has 1 heterocycles. The number of aliphatic hydroxyl groups is 1. The second-order valence-corrected chi connectivity index (χ2v) is 18.9. The summed E-state index contributed by atoms with van der Waals surface area (Å²) in [5.74, 6) is 1.27. The van der Waals surface area contributed by atoms with Crippen molar-refractivity contribution < 1.29 is 57.3 Å². The van der Waals surface area contributed by atoms with Crippen molar-refractivity contribution in [1.82, 2.24) is 20.0 Å². The predicted octanol–water partition coefficient (Wildman–Crippen LogP) is 8.77. The first-order valence-corrected chi connectivity index (χ1v) is 27.1. The number of Topliss-reactive ketones (excluding diaryl/α,β-unsaturated/α-hetero) is 1. The topological polar surface area (TPSA) is 223 Å². The SMILES string of the molecule is CC.CC(=O)CC(C(C)C)N(C)C(=O)CCCCCN(C)C(=O)/C=C\C=O.CCC.CCCCC(C(C)CC)C(CC(=O)N1CC(F)CC1C(OC)C(C)C)OC.CO.NC=O.O=CNC(C=O)Cc1ccccc1. The van der Waals surface area contributed by atoms with Gasteiger partial charge in [-0.2, -0.15) is 0 Å². The lowest BCUT2D eigenvalue weighted by Gasteiger charge is -2.35. The van der Waals surface area contributed by atoms with Gasteiger partial charge in [0.15, 0.2) is 0 Å². The Morgan fingerprint density at radius 1 is 0.880 bits per heavy atom. The number of ether oxygens (including phenoxy) is 2. The largest absolute Gasteiger partial charge is 0.400 e. The number of halogens is 1. The Balaban J connectivity index is -0.000000312. The second kappa shape index (κ2) is 52.6. The Morgan fingerprint density at radius 3 is 1.89 bits per heavy atom. The number of methoxy groups -OCH3 is 2. The third-order valence-electron chi connectivity index (χ3n) is 12.3. The molecule has 5 amide bonds. The van der Waals surface area contributed by atoms with Crippen molar-refractivity contribution >= 4 is 48.9 Å². The minimum atomic E-state index is -0.971. The Hall–Kier alpha value is -4.87. The lowest BCUT2D eigenvalue weighted by Crippen LogP contribution is -2.47. The van der Waals surface area contributed by atoms with Crippen molar-refractivity contribution in [3.63, 3.8) is 0 Å². The maximum Gasteiger partial charge on any atom is 0.246 e. The quantitative estimate of drug-likeness (QED) is 0.0391. The smallest absolute Gasteiger partial charge is 0.246 e. The summed E-state index contributed by atoms with van der Waals surface area (Å²) in [6, 6.07) is 8.89. The number of hydrogen-bond acceptors (Lipinski definition) is 11. The third kappa shape index (κ3) is 38.3. The molecule has 75 heavy (non-hydrogen) atoms. The number of ketones is 1. The number of aldehydes is 2. The number of rotatable bonds is 29. The number of unbranched alkanes of at least 4 members (excludes halogenated alkanes) is 3. The van der Waals surface area contributed by atoms with Gasteiger partial charge in [0, 0.05) is 73.3 Å². The normalized spacial score (nSPS) is 15.6. The van der Waals surface area contributed by atoms with E-state index in [-0.39, 0.29) is 72.6 Å². The molecule has 17 heteroatoms. The van der Waals surface area contributed by atoms with Gasteiger partial charge in [0.05, 0.1) is 37.3 Å². The highest BCUT2D eigenvalue weighted by molar-refractivity contribution is 5.90. The number of aliphatic hydroxyl groups excluding tert-OH is 1. The van der Waals surface area contributed by atoms with Gasteiger partial charge in [0.25, 0.3) is 0 Å². The van der Waals surface area contributed by atoms with Gasteiger partial charge >= 0.3 is 0 Å². The lowest BCUT2D eigenvalue weighted by atomic mass is 9.81. The number of carbonyl (C=O) groups excluding carboxylic acids is 8. The Labute approximate surface area is 453 Å². The minimum absolute atomic E-state index is 0.000462. The zero-order chi connectivity index (χ0) is 58.9. The molecule has 1 saturated heterocycles. The summed E-state index contributed by atoms with van der Waals surface area (Å²) >= 11 is 0. The summed E-state index contributed by atoms with van der Waals surface area (Å²) in [7, 11) is 7.80. The van der Waals surface area contributed by atoms with Crippen LogP contribution in [0.2, 0.25) is 0 Å². The van der Waals surface area contributed by atoms with Crippen LogP contribution in [0.25, 0.3) is 0 Å². The van der Waals surface area contributed by atoms with Gasteiger partial charge in [-0.3, -0.25) is 33.6 Å². The van der Waals surface area contributed by atoms with Gasteiger partial charge in [-0.05, 0) is 67.9 Å². The monoisotopic (exact) mass is 1070 g/mol. The molecule has 16 nitrogen and oxygen atoms in total. The first-order chi connectivity index (χ1) is 35.7. The van der Waals surface area contributed by atoms with E-state index in [2.05, 4.69) is 59.5 Å². The predicted molar refractivity (Wildman–Crippen MR) is 301 cm³/mol. The minimum Gasteiger partial charge on any atom is -0.400 e. The summed E-state index contributed by atoms with van der Waals surface area (Å²) in [5.41, 5.74) is 5.20. The number of nitrogens with two attached hydrogens (primary N) is 1. The summed E-state index contributed by atoms with van der Waals surface area (Å²) < 4.78 is 25.6. The number of carbonyl (C=O) groups is 8. The summed E-state index contributed by atoms with van der Waals surface area (Å²) in [6.45, 7) is 25.3. The molecule has 0 saturated carbocycles. The van der Waals surface area contributed by atoms with E-state index in [0.717, 1.165) is 63.9 Å². The van der Waals surface area contributed by atoms with E-state index in [1.165, 1.54) is 18.6 Å². The van der Waals surface area contributed by atoms with Crippen LogP contribution in [0.5, 0.6) is 0 Å². The molecular weight excluding hydrogens is 962 g/mol. The highest BCUT2D eigenvalue weighted by Crippen LogP contribution is 2.32. The number of hydrogen-bond donors (Lipinski definition) is 3. The summed E-state index contributed by atoms with van der Waals surface area (Å²) in [4.78, 5) is 92.7. The number of likely N-dealkylation sites (tertiary alicyclic amines) is 1. The van der Waals surface area contributed by atoms with E-state index >= 15 is 0 Å². The van der Waals surface area contributed by atoms with Crippen molar-refractivity contribution in [3.8, 4) is 0 Å². The first kappa shape index (κ1) is 79.0. The molecule has 0 spiro atoms. The highest BCUT2D eigenvalue weighted by Gasteiger charge is 2.42. The van der Waals surface area contributed by atoms with Gasteiger partial charge < -0.3 is 45.1 Å². The number of benzene rings is 1. The fourth-order valence-corrected chi connectivity index (χ4v) is 8.30. The van der Waals surface area contributed by atoms with Crippen molar-refractivity contribution in [2.75, 3.05) is 48.5 Å². The molecule has 1 aliphatic rings. The third-order valence-corrected chi connectivity index (χ3v) is 12.3. The maximum absolute atomic E-state index is 14.2. The second-order valence-electron chi connectivity index (χ2n) is 18.9. The van der Waals surface area contributed by atoms with Crippen LogP contribution in [0.4, 0.5) is 4.39 Å². The van der Waals surface area contributed by atoms with Crippen LogP contribution in [-0.4, -0.2) is 154 Å². The number of primary amides is 1. The van der Waals surface area contributed by atoms with Crippen LogP contribution in [0.1, 0.15) is 166 Å². The number of amides is 5. The molecule has 4 N–H and O–H groups in total. The lowest BCUT2D eigenvalue weighted by molar-refractivity contribution is -0.139. The molecule has 436 valence electrons. The maximum atomic E-state index is 14.2. The van der Waals surface area contributed by atoms with Crippen LogP contribution in [0.15, 0.2) is 42.5 Å². The van der Waals surface area contributed by atoms with Gasteiger partial charge in [-0.1, -0.05) is 139 Å². The summed E-state index contributed by atoms with van der Waals surface area (Å²) in [5, 5.41) is 9.43. The first-order valence-electron chi connectivity index (χ1n) is 27.1. The Kier molecular flexibility index (Phi) is 55.4. The van der Waals surface area contributed by atoms with Crippen molar-refractivity contribution in [2.24, 2.45) is 29.4 Å². The molecule has 1 aliphatic heterocycles. The van der Waals surface area contributed by atoms with Crippen molar-refractivity contribution in [1.29, 1.82) is 0 Å². The van der Waals surface area contributed by atoms with E-state index in [0.29, 0.717) is 63.2 Å². The Bertz CT molecular complexity index is 1620. The van der Waals surface area contributed by atoms with Gasteiger partial charge in [-0.25, -0.2) is 4.39 Å². The highest BCUT2D eigenvalue weighted by atomic mass is 19.1. The zero-order valence-corrected chi connectivity index (χ0v) is 49.6. The summed E-state index contributed by atoms with van der Waals surface area (Å²) in [6.07, 6.45) is 13.4. The van der Waals surface area contributed by atoms with Crippen LogP contribution >= 0.6 is 0 Å². The molecule has 2 rings (SSSR count). The molecule has 0 aliphatic carbocycles. The van der Waals surface area contributed by atoms with Crippen molar-refractivity contribution in [3.05, 3.63) is 48.0 Å². The van der Waals surface area contributed by atoms with Crippen LogP contribution in [-0.2, 0) is 54.3 Å². The van der Waals surface area contributed by atoms with Gasteiger partial charge in [0.2, 0.25) is 30.5 Å². The fourth-order valence-electron chi connectivity index (χ4n) is 8.30. The molecule has 8 atom stereocenters. The number of nitrogens with one attached hydrogen (secondary N) is 1. The van der Waals surface area contributed by atoms with Crippen LogP contribution < -0.4 is 11.1 Å². The molecule has 1 aromatic rings. The zero-order valence-electron chi connectivity index (χ0n) is 49.6. The van der Waals surface area contributed by atoms with Crippen molar-refractivity contribution in [2.45, 2.75) is 203 Å². The molecule has 8 unspecified atom stereocenters. The average Bonchev–Trinajstić information content (AvgIpc) is 3.78. The number of nitrogens with zero attached hydrogens (tertiary/aromatic N) is 3. The molecule has 0 radical (unpaired) electrons.